The number of ketones is 1. The molecule has 15 heavy (non-hydrogen) atoms. The van der Waals surface area contributed by atoms with E-state index in [2.05, 4.69) is 11.9 Å². The Kier molecular flexibility index (Phi) is 2.68. The Hall–Kier alpha value is -1.42. The van der Waals surface area contributed by atoms with Crippen LogP contribution in [0.25, 0.3) is 0 Å². The van der Waals surface area contributed by atoms with Gasteiger partial charge in [0.15, 0.2) is 5.82 Å². The zero-order valence-corrected chi connectivity index (χ0v) is 9.54. The molecule has 0 saturated carbocycles. The van der Waals surface area contributed by atoms with Crippen LogP contribution in [-0.2, 0) is 13.5 Å². The van der Waals surface area contributed by atoms with Crippen LogP contribution < -0.4 is 0 Å². The van der Waals surface area contributed by atoms with Gasteiger partial charge in [-0.2, -0.15) is 0 Å². The average molecular weight is 220 g/mol. The van der Waals surface area contributed by atoms with E-state index in [1.165, 1.54) is 4.88 Å². The Morgan fingerprint density at radius 3 is 2.87 bits per heavy atom. The molecule has 0 amide bonds. The molecule has 0 aliphatic heterocycles. The molecule has 0 aliphatic carbocycles. The largest absolute Gasteiger partial charge is 0.331 e. The summed E-state index contributed by atoms with van der Waals surface area (Å²) in [5, 5.41) is 0. The number of carbonyl (C=O) groups excluding carboxylic acids is 1. The van der Waals surface area contributed by atoms with Crippen LogP contribution in [0.4, 0.5) is 0 Å². The van der Waals surface area contributed by atoms with Crippen LogP contribution in [0.1, 0.15) is 27.3 Å². The van der Waals surface area contributed by atoms with Crippen LogP contribution in [0.15, 0.2) is 24.5 Å². The number of hydrogen-bond donors (Lipinski definition) is 0. The van der Waals surface area contributed by atoms with Gasteiger partial charge in [-0.1, -0.05) is 6.92 Å². The Balaban J connectivity index is 2.32. The van der Waals surface area contributed by atoms with Crippen molar-refractivity contribution in [1.82, 2.24) is 9.55 Å². The summed E-state index contributed by atoms with van der Waals surface area (Å²) in [7, 11) is 1.83. The topological polar surface area (TPSA) is 34.9 Å². The lowest BCUT2D eigenvalue weighted by atomic mass is 10.3. The molecule has 0 aliphatic rings. The first kappa shape index (κ1) is 10.1. The fourth-order valence-corrected chi connectivity index (χ4v) is 2.27. The normalized spacial score (nSPS) is 10.5. The molecule has 0 N–H and O–H groups in total. The number of aryl methyl sites for hydroxylation is 2. The highest BCUT2D eigenvalue weighted by Crippen LogP contribution is 2.19. The molecule has 0 saturated heterocycles. The van der Waals surface area contributed by atoms with Crippen LogP contribution in [0.2, 0.25) is 0 Å². The van der Waals surface area contributed by atoms with Crippen molar-refractivity contribution in [2.45, 2.75) is 13.3 Å². The summed E-state index contributed by atoms with van der Waals surface area (Å²) < 4.78 is 1.74. The van der Waals surface area contributed by atoms with Crippen molar-refractivity contribution in [3.63, 3.8) is 0 Å². The summed E-state index contributed by atoms with van der Waals surface area (Å²) in [5.74, 6) is 0.506. The number of imidazole rings is 1. The first-order valence-electron chi connectivity index (χ1n) is 4.83. The number of thiophene rings is 1. The molecule has 78 valence electrons. The second-order valence-electron chi connectivity index (χ2n) is 3.31. The Bertz CT molecular complexity index is 484. The molecule has 0 atom stereocenters. The van der Waals surface area contributed by atoms with E-state index in [0.717, 1.165) is 11.3 Å². The second kappa shape index (κ2) is 3.98. The lowest BCUT2D eigenvalue weighted by Crippen LogP contribution is -2.06. The molecular formula is C11H12N2OS. The number of carbonyl (C=O) groups is 1. The van der Waals surface area contributed by atoms with Gasteiger partial charge in [-0.25, -0.2) is 4.98 Å². The molecule has 0 bridgehead atoms. The summed E-state index contributed by atoms with van der Waals surface area (Å²) in [6.45, 7) is 2.08. The number of rotatable bonds is 3. The van der Waals surface area contributed by atoms with E-state index < -0.39 is 0 Å². The maximum absolute atomic E-state index is 12.0. The van der Waals surface area contributed by atoms with Gasteiger partial charge in [-0.15, -0.1) is 11.3 Å². The zero-order valence-electron chi connectivity index (χ0n) is 8.73. The third-order valence-electron chi connectivity index (χ3n) is 2.26. The molecule has 2 aromatic heterocycles. The fourth-order valence-electron chi connectivity index (χ4n) is 1.38. The molecule has 3 nitrogen and oxygen atoms in total. The second-order valence-corrected chi connectivity index (χ2v) is 4.48. The van der Waals surface area contributed by atoms with E-state index >= 15 is 0 Å². The molecule has 0 fully saturated rings. The molecule has 0 unspecified atom stereocenters. The van der Waals surface area contributed by atoms with Crippen molar-refractivity contribution in [3.8, 4) is 0 Å². The van der Waals surface area contributed by atoms with Gasteiger partial charge in [-0.3, -0.25) is 4.79 Å². The molecule has 0 radical (unpaired) electrons. The van der Waals surface area contributed by atoms with Crippen LogP contribution >= 0.6 is 11.3 Å². The molecule has 2 aromatic rings. The zero-order chi connectivity index (χ0) is 10.8. The van der Waals surface area contributed by atoms with Gasteiger partial charge in [0.2, 0.25) is 5.78 Å². The van der Waals surface area contributed by atoms with Gasteiger partial charge >= 0.3 is 0 Å². The monoisotopic (exact) mass is 220 g/mol. The average Bonchev–Trinajstić information content (AvgIpc) is 2.84. The van der Waals surface area contributed by atoms with Crippen molar-refractivity contribution in [2.24, 2.45) is 7.05 Å². The van der Waals surface area contributed by atoms with Gasteiger partial charge in [0.25, 0.3) is 0 Å². The first-order valence-corrected chi connectivity index (χ1v) is 5.64. The highest BCUT2D eigenvalue weighted by molar-refractivity contribution is 7.14. The summed E-state index contributed by atoms with van der Waals surface area (Å²) in [6.07, 6.45) is 4.39. The standard InChI is InChI=1S/C11H12N2OS/c1-3-8-4-5-9(15-8)10(14)11-12-6-7-13(11)2/h4-7H,3H2,1-2H3. The predicted octanol–water partition coefficient (Wildman–Crippen LogP) is 2.28. The molecule has 4 heteroatoms. The predicted molar refractivity (Wildman–Crippen MR) is 60.3 cm³/mol. The fraction of sp³-hybridized carbons (Fsp3) is 0.273. The van der Waals surface area contributed by atoms with Crippen molar-refractivity contribution >= 4 is 17.1 Å². The van der Waals surface area contributed by atoms with E-state index in [4.69, 9.17) is 0 Å². The molecular weight excluding hydrogens is 208 g/mol. The number of nitrogens with zero attached hydrogens (tertiary/aromatic N) is 2. The Morgan fingerprint density at radius 1 is 1.53 bits per heavy atom. The minimum absolute atomic E-state index is 0.00667. The van der Waals surface area contributed by atoms with Gasteiger partial charge in [-0.05, 0) is 18.6 Å². The minimum atomic E-state index is 0.00667. The van der Waals surface area contributed by atoms with Gasteiger partial charge < -0.3 is 4.57 Å². The van der Waals surface area contributed by atoms with Crippen LogP contribution in [0, 0.1) is 0 Å². The summed E-state index contributed by atoms with van der Waals surface area (Å²) >= 11 is 1.55. The maximum atomic E-state index is 12.0. The number of aromatic nitrogens is 2. The molecule has 0 spiro atoms. The van der Waals surface area contributed by atoms with Gasteiger partial charge in [0, 0.05) is 24.3 Å². The quantitative estimate of drug-likeness (QED) is 0.744. The SMILES string of the molecule is CCc1ccc(C(=O)c2nccn2C)s1. The first-order chi connectivity index (χ1) is 7.22. The van der Waals surface area contributed by atoms with E-state index in [-0.39, 0.29) is 5.78 Å². The van der Waals surface area contributed by atoms with Crippen LogP contribution in [0.5, 0.6) is 0 Å². The van der Waals surface area contributed by atoms with Crippen LogP contribution in [0.3, 0.4) is 0 Å². The highest BCUT2D eigenvalue weighted by atomic mass is 32.1. The van der Waals surface area contributed by atoms with Crippen molar-refractivity contribution in [1.29, 1.82) is 0 Å². The summed E-state index contributed by atoms with van der Waals surface area (Å²) in [4.78, 5) is 18.0. The Morgan fingerprint density at radius 2 is 2.33 bits per heavy atom. The van der Waals surface area contributed by atoms with Crippen molar-refractivity contribution < 1.29 is 4.79 Å². The summed E-state index contributed by atoms with van der Waals surface area (Å²) in [5.41, 5.74) is 0. The van der Waals surface area contributed by atoms with Crippen molar-refractivity contribution in [2.75, 3.05) is 0 Å². The number of hydrogen-bond acceptors (Lipinski definition) is 3. The smallest absolute Gasteiger partial charge is 0.238 e. The van der Waals surface area contributed by atoms with Crippen LogP contribution in [-0.4, -0.2) is 15.3 Å². The summed E-state index contributed by atoms with van der Waals surface area (Å²) in [6, 6.07) is 3.88. The van der Waals surface area contributed by atoms with E-state index in [1.807, 2.05) is 19.2 Å². The van der Waals surface area contributed by atoms with E-state index in [9.17, 15) is 4.79 Å². The van der Waals surface area contributed by atoms with Gasteiger partial charge in [0.1, 0.15) is 0 Å². The lowest BCUT2D eigenvalue weighted by molar-refractivity contribution is 0.103. The third kappa shape index (κ3) is 1.85. The molecule has 2 heterocycles. The van der Waals surface area contributed by atoms with E-state index in [1.54, 1.807) is 28.3 Å². The third-order valence-corrected chi connectivity index (χ3v) is 3.49. The lowest BCUT2D eigenvalue weighted by Gasteiger charge is -1.97. The molecule has 0 aromatic carbocycles. The molecule has 2 rings (SSSR count). The highest BCUT2D eigenvalue weighted by Gasteiger charge is 2.15. The van der Waals surface area contributed by atoms with Gasteiger partial charge in [0.05, 0.1) is 4.88 Å². The minimum Gasteiger partial charge on any atom is -0.331 e. The van der Waals surface area contributed by atoms with E-state index in [0.29, 0.717) is 5.82 Å². The Labute approximate surface area is 92.4 Å². The maximum Gasteiger partial charge on any atom is 0.238 e. The van der Waals surface area contributed by atoms with Crippen molar-refractivity contribution in [3.05, 3.63) is 40.1 Å².